The number of rotatable bonds is 5. The third-order valence-electron chi connectivity index (χ3n) is 6.00. The molecule has 7 nitrogen and oxygen atoms in total. The molecule has 3 atom stereocenters. The summed E-state index contributed by atoms with van der Waals surface area (Å²) in [4.78, 5) is 3.83. The highest BCUT2D eigenvalue weighted by Gasteiger charge is 2.40. The van der Waals surface area contributed by atoms with Crippen LogP contribution in [0, 0.1) is 0 Å². The first kappa shape index (κ1) is 24.9. The van der Waals surface area contributed by atoms with E-state index >= 15 is 0 Å². The molecular weight excluding hydrogens is 515 g/mol. The van der Waals surface area contributed by atoms with E-state index in [4.69, 9.17) is 0 Å². The van der Waals surface area contributed by atoms with Crippen LogP contribution in [0.2, 0.25) is 0 Å². The lowest BCUT2D eigenvalue weighted by Gasteiger charge is -2.45. The molecule has 2 aliphatic heterocycles. The van der Waals surface area contributed by atoms with E-state index in [1.165, 1.54) is 0 Å². The Morgan fingerprint density at radius 2 is 1.53 bits per heavy atom. The molecule has 2 aliphatic rings. The molecule has 3 N–H and O–H groups in total. The van der Waals surface area contributed by atoms with Crippen LogP contribution in [-0.4, -0.2) is 51.2 Å². The lowest BCUT2D eigenvalue weighted by atomic mass is 9.96. The third-order valence-corrected chi connectivity index (χ3v) is 8.64. The summed E-state index contributed by atoms with van der Waals surface area (Å²) in [6.07, 6.45) is -5.96. The summed E-state index contributed by atoms with van der Waals surface area (Å²) in [6.45, 7) is 0.592. The molecule has 0 amide bonds. The Morgan fingerprint density at radius 3 is 2.11 bits per heavy atom. The first-order chi connectivity index (χ1) is 17.1. The summed E-state index contributed by atoms with van der Waals surface area (Å²) in [5.41, 5.74) is 1.83. The zero-order valence-electron chi connectivity index (χ0n) is 18.6. The van der Waals surface area contributed by atoms with Gasteiger partial charge in [0.15, 0.2) is 0 Å². The number of halogens is 3. The number of fused-ring (bicyclic) bond motifs is 2. The minimum absolute atomic E-state index is 0.179. The number of para-hydroxylation sites is 2. The lowest BCUT2D eigenvalue weighted by molar-refractivity contribution is -0.274. The van der Waals surface area contributed by atoms with Gasteiger partial charge in [0.2, 0.25) is 10.0 Å². The van der Waals surface area contributed by atoms with Crippen LogP contribution < -0.4 is 19.7 Å². The van der Waals surface area contributed by atoms with Crippen molar-refractivity contribution in [3.8, 4) is 5.75 Å². The molecule has 2 heterocycles. The van der Waals surface area contributed by atoms with E-state index in [0.29, 0.717) is 6.54 Å². The molecule has 3 aromatic rings. The lowest BCUT2D eigenvalue weighted by Crippen LogP contribution is -2.64. The van der Waals surface area contributed by atoms with Gasteiger partial charge < -0.3 is 20.1 Å². The molecule has 1 saturated heterocycles. The van der Waals surface area contributed by atoms with Gasteiger partial charge in [0.05, 0.1) is 34.5 Å². The number of benzene rings is 3. The molecule has 0 spiro atoms. The van der Waals surface area contributed by atoms with E-state index in [-0.39, 0.29) is 11.4 Å². The summed E-state index contributed by atoms with van der Waals surface area (Å²) in [7, 11) is -4.14. The maximum atomic E-state index is 13.0. The number of hydrogen-bond donors (Lipinski definition) is 3. The summed E-state index contributed by atoms with van der Waals surface area (Å²) in [5.74, 6) is -0.527. The van der Waals surface area contributed by atoms with Crippen LogP contribution >= 0.6 is 11.8 Å². The number of anilines is 2. The van der Waals surface area contributed by atoms with Crippen molar-refractivity contribution in [3.05, 3.63) is 72.8 Å². The van der Waals surface area contributed by atoms with Crippen molar-refractivity contribution in [3.63, 3.8) is 0 Å². The average Bonchev–Trinajstić information content (AvgIpc) is 2.83. The van der Waals surface area contributed by atoms with Gasteiger partial charge >= 0.3 is 6.36 Å². The van der Waals surface area contributed by atoms with Crippen molar-refractivity contribution < 1.29 is 31.4 Å². The van der Waals surface area contributed by atoms with E-state index in [1.807, 2.05) is 53.4 Å². The first-order valence-corrected chi connectivity index (χ1v) is 13.3. The summed E-state index contributed by atoms with van der Waals surface area (Å²) >= 11 is 1.63. The van der Waals surface area contributed by atoms with Crippen molar-refractivity contribution in [2.45, 2.75) is 39.2 Å². The molecule has 3 aromatic carbocycles. The number of sulfonamides is 1. The van der Waals surface area contributed by atoms with Gasteiger partial charge in [-0.2, -0.15) is 0 Å². The molecule has 12 heteroatoms. The van der Waals surface area contributed by atoms with Gasteiger partial charge in [-0.3, -0.25) is 0 Å². The second-order valence-corrected chi connectivity index (χ2v) is 11.2. The number of alkyl halides is 3. The van der Waals surface area contributed by atoms with Crippen LogP contribution in [0.15, 0.2) is 87.5 Å². The Kier molecular flexibility index (Phi) is 6.64. The van der Waals surface area contributed by atoms with Gasteiger partial charge in [-0.05, 0) is 48.5 Å². The first-order valence-electron chi connectivity index (χ1n) is 11.0. The molecule has 0 aromatic heterocycles. The highest BCUT2D eigenvalue weighted by atomic mass is 32.2. The van der Waals surface area contributed by atoms with Gasteiger partial charge in [0.25, 0.3) is 0 Å². The minimum atomic E-state index is -4.88. The van der Waals surface area contributed by atoms with Crippen LogP contribution in [0.4, 0.5) is 24.5 Å². The standard InChI is InChI=1S/C24H22F3N3O4S2/c25-24(26,27)34-15-9-11-16(12-10-15)36(32,33)29-17-13-28-14-20(23(17)31)30-18-5-1-3-7-21(18)35-22-8-4-2-6-19(22)30/h1-12,17,20,23,28-29,31H,13-14H2/t17-,20+,23+/m1/s1. The second kappa shape index (κ2) is 9.60. The smallest absolute Gasteiger partial charge is 0.406 e. The van der Waals surface area contributed by atoms with Crippen LogP contribution in [0.3, 0.4) is 0 Å². The normalized spacial score (nSPS) is 22.0. The second-order valence-electron chi connectivity index (χ2n) is 8.37. The fourth-order valence-corrected chi connectivity index (χ4v) is 6.75. The maximum absolute atomic E-state index is 13.0. The van der Waals surface area contributed by atoms with Crippen LogP contribution in [0.1, 0.15) is 0 Å². The fourth-order valence-electron chi connectivity index (χ4n) is 4.43. The molecule has 0 aliphatic carbocycles. The van der Waals surface area contributed by atoms with Crippen molar-refractivity contribution in [1.82, 2.24) is 10.0 Å². The number of aliphatic hydroxyl groups excluding tert-OH is 1. The topological polar surface area (TPSA) is 90.9 Å². The van der Waals surface area contributed by atoms with Crippen LogP contribution in [0.25, 0.3) is 0 Å². The third kappa shape index (κ3) is 5.04. The predicted molar refractivity (Wildman–Crippen MR) is 129 cm³/mol. The molecule has 0 saturated carbocycles. The molecule has 0 radical (unpaired) electrons. The van der Waals surface area contributed by atoms with Crippen molar-refractivity contribution in [2.75, 3.05) is 18.0 Å². The molecule has 1 fully saturated rings. The molecule has 190 valence electrons. The fraction of sp³-hybridized carbons (Fsp3) is 0.250. The number of nitrogens with zero attached hydrogens (tertiary/aromatic N) is 1. The number of aliphatic hydroxyl groups is 1. The van der Waals surface area contributed by atoms with Gasteiger partial charge in [-0.1, -0.05) is 36.0 Å². The minimum Gasteiger partial charge on any atom is -0.406 e. The zero-order valence-corrected chi connectivity index (χ0v) is 20.3. The van der Waals surface area contributed by atoms with Crippen molar-refractivity contribution in [1.29, 1.82) is 0 Å². The largest absolute Gasteiger partial charge is 0.573 e. The maximum Gasteiger partial charge on any atom is 0.573 e. The zero-order chi connectivity index (χ0) is 25.5. The number of ether oxygens (including phenoxy) is 1. The monoisotopic (exact) mass is 537 g/mol. The Morgan fingerprint density at radius 1 is 0.944 bits per heavy atom. The van der Waals surface area contributed by atoms with Gasteiger partial charge in [0, 0.05) is 22.9 Å². The Balaban J connectivity index is 1.39. The van der Waals surface area contributed by atoms with E-state index in [0.717, 1.165) is 45.4 Å². The van der Waals surface area contributed by atoms with E-state index in [9.17, 15) is 26.7 Å². The van der Waals surface area contributed by atoms with E-state index < -0.39 is 40.3 Å². The van der Waals surface area contributed by atoms with Crippen LogP contribution in [-0.2, 0) is 10.0 Å². The van der Waals surface area contributed by atoms with E-state index in [2.05, 4.69) is 14.8 Å². The number of hydrogen-bond acceptors (Lipinski definition) is 7. The summed E-state index contributed by atoms with van der Waals surface area (Å²) in [5, 5.41) is 14.6. The van der Waals surface area contributed by atoms with Gasteiger partial charge in [-0.25, -0.2) is 13.1 Å². The summed E-state index contributed by atoms with van der Waals surface area (Å²) < 4.78 is 69.5. The number of nitrogens with one attached hydrogen (secondary N) is 2. The van der Waals surface area contributed by atoms with Crippen LogP contribution in [0.5, 0.6) is 5.75 Å². The van der Waals surface area contributed by atoms with Crippen molar-refractivity contribution >= 4 is 33.2 Å². The molecule has 0 bridgehead atoms. The van der Waals surface area contributed by atoms with Crippen molar-refractivity contribution in [2.24, 2.45) is 0 Å². The Labute approximate surface area is 210 Å². The quantitative estimate of drug-likeness (QED) is 0.455. The average molecular weight is 538 g/mol. The molecular formula is C24H22F3N3O4S2. The molecule has 36 heavy (non-hydrogen) atoms. The summed E-state index contributed by atoms with van der Waals surface area (Å²) in [6, 6.07) is 18.2. The Hall–Kier alpha value is -2.77. The molecule has 5 rings (SSSR count). The molecule has 0 unspecified atom stereocenters. The Bertz CT molecular complexity index is 1310. The predicted octanol–water partition coefficient (Wildman–Crippen LogP) is 3.87. The highest BCUT2D eigenvalue weighted by Crippen LogP contribution is 2.49. The highest BCUT2D eigenvalue weighted by molar-refractivity contribution is 7.99. The van der Waals surface area contributed by atoms with Gasteiger partial charge in [-0.15, -0.1) is 13.2 Å². The number of piperidine rings is 1. The van der Waals surface area contributed by atoms with Gasteiger partial charge in [0.1, 0.15) is 5.75 Å². The SMILES string of the molecule is O=S(=O)(N[C@@H]1CNC[C@H](N2c3ccccc3Sc3ccccc32)[C@H]1O)c1ccc(OC(F)(F)F)cc1. The van der Waals surface area contributed by atoms with E-state index in [1.54, 1.807) is 11.8 Å².